The van der Waals surface area contributed by atoms with Crippen LogP contribution in [0.15, 0.2) is 45.5 Å². The summed E-state index contributed by atoms with van der Waals surface area (Å²) in [7, 11) is 0. The summed E-state index contributed by atoms with van der Waals surface area (Å²) in [4.78, 5) is 25.0. The lowest BCUT2D eigenvalue weighted by molar-refractivity contribution is -0.139. The van der Waals surface area contributed by atoms with Gasteiger partial charge in [-0.2, -0.15) is 0 Å². The zero-order valence-corrected chi connectivity index (χ0v) is 15.2. The molecule has 1 aliphatic heterocycles. The highest BCUT2D eigenvalue weighted by molar-refractivity contribution is 9.10. The summed E-state index contributed by atoms with van der Waals surface area (Å²) in [6, 6.07) is 4.48. The van der Waals surface area contributed by atoms with Gasteiger partial charge in [-0.15, -0.1) is 0 Å². The fourth-order valence-corrected chi connectivity index (χ4v) is 3.44. The topological polar surface area (TPSA) is 78.6 Å². The van der Waals surface area contributed by atoms with E-state index in [2.05, 4.69) is 15.9 Å². The summed E-state index contributed by atoms with van der Waals surface area (Å²) in [6.07, 6.45) is 1.56. The van der Waals surface area contributed by atoms with Crippen molar-refractivity contribution in [3.63, 3.8) is 0 Å². The molecule has 5 nitrogen and oxygen atoms in total. The minimum Gasteiger partial charge on any atom is -0.462 e. The first-order chi connectivity index (χ1) is 11.9. The van der Waals surface area contributed by atoms with Gasteiger partial charge in [-0.1, -0.05) is 6.07 Å². The van der Waals surface area contributed by atoms with E-state index in [1.807, 2.05) is 0 Å². The zero-order chi connectivity index (χ0) is 18.1. The van der Waals surface area contributed by atoms with Crippen molar-refractivity contribution in [3.8, 4) is 0 Å². The largest absolute Gasteiger partial charge is 0.462 e. The second-order valence-corrected chi connectivity index (χ2v) is 6.67. The summed E-state index contributed by atoms with van der Waals surface area (Å²) >= 11 is 3.11. The molecule has 25 heavy (non-hydrogen) atoms. The lowest BCUT2D eigenvalue weighted by Crippen LogP contribution is -2.31. The molecule has 1 atom stereocenters. The standard InChI is InChI=1S/C18H17BrFNO4/c1-2-24-18(23)16-14(9-6-7-10(19)11(20)8-9)15-12(22)4-3-5-13(15)25-17(16)21/h6-8,14H,2-5,21H2,1H3/t14-/m1/s1. The van der Waals surface area contributed by atoms with E-state index in [-0.39, 0.29) is 23.8 Å². The molecule has 0 spiro atoms. The van der Waals surface area contributed by atoms with Crippen LogP contribution in [-0.2, 0) is 19.1 Å². The van der Waals surface area contributed by atoms with Crippen LogP contribution in [0.5, 0.6) is 0 Å². The van der Waals surface area contributed by atoms with Gasteiger partial charge in [-0.3, -0.25) is 4.79 Å². The summed E-state index contributed by atoms with van der Waals surface area (Å²) < 4.78 is 25.0. The molecular formula is C18H17BrFNO4. The Balaban J connectivity index is 2.18. The Morgan fingerprint density at radius 2 is 2.20 bits per heavy atom. The molecule has 7 heteroatoms. The van der Waals surface area contributed by atoms with Crippen LogP contribution in [0.25, 0.3) is 0 Å². The predicted molar refractivity (Wildman–Crippen MR) is 91.7 cm³/mol. The third kappa shape index (κ3) is 3.20. The van der Waals surface area contributed by atoms with Crippen molar-refractivity contribution in [1.29, 1.82) is 0 Å². The van der Waals surface area contributed by atoms with Crippen LogP contribution in [-0.4, -0.2) is 18.4 Å². The summed E-state index contributed by atoms with van der Waals surface area (Å²) in [6.45, 7) is 1.82. The van der Waals surface area contributed by atoms with Gasteiger partial charge >= 0.3 is 5.97 Å². The normalized spacial score (nSPS) is 20.3. The number of halogens is 2. The van der Waals surface area contributed by atoms with E-state index < -0.39 is 17.7 Å². The minimum absolute atomic E-state index is 0.0394. The number of carbonyl (C=O) groups is 2. The Kier molecular flexibility index (Phi) is 4.94. The van der Waals surface area contributed by atoms with E-state index in [0.717, 1.165) is 0 Å². The molecule has 132 valence electrons. The monoisotopic (exact) mass is 409 g/mol. The maximum absolute atomic E-state index is 14.1. The molecule has 1 aliphatic carbocycles. The lowest BCUT2D eigenvalue weighted by atomic mass is 9.77. The summed E-state index contributed by atoms with van der Waals surface area (Å²) in [5, 5.41) is 0. The highest BCUT2D eigenvalue weighted by Gasteiger charge is 2.41. The molecule has 0 fully saturated rings. The van der Waals surface area contributed by atoms with E-state index in [9.17, 15) is 14.0 Å². The van der Waals surface area contributed by atoms with Gasteiger partial charge in [-0.05, 0) is 47.0 Å². The molecule has 0 amide bonds. The van der Waals surface area contributed by atoms with E-state index in [1.54, 1.807) is 13.0 Å². The van der Waals surface area contributed by atoms with E-state index >= 15 is 0 Å². The highest BCUT2D eigenvalue weighted by atomic mass is 79.9. The first-order valence-electron chi connectivity index (χ1n) is 7.99. The van der Waals surface area contributed by atoms with Crippen LogP contribution < -0.4 is 5.73 Å². The first kappa shape index (κ1) is 17.7. The van der Waals surface area contributed by atoms with Crippen LogP contribution in [0.3, 0.4) is 0 Å². The molecule has 2 N–H and O–H groups in total. The smallest absolute Gasteiger partial charge is 0.340 e. The van der Waals surface area contributed by atoms with Gasteiger partial charge in [0.15, 0.2) is 5.78 Å². The Morgan fingerprint density at radius 3 is 2.88 bits per heavy atom. The van der Waals surface area contributed by atoms with E-state index in [4.69, 9.17) is 15.2 Å². The van der Waals surface area contributed by atoms with Crippen LogP contribution >= 0.6 is 15.9 Å². The number of ether oxygens (including phenoxy) is 2. The third-order valence-electron chi connectivity index (χ3n) is 4.26. The molecule has 0 radical (unpaired) electrons. The van der Waals surface area contributed by atoms with Crippen molar-refractivity contribution in [2.75, 3.05) is 6.61 Å². The second-order valence-electron chi connectivity index (χ2n) is 5.82. The summed E-state index contributed by atoms with van der Waals surface area (Å²) in [5.41, 5.74) is 6.83. The van der Waals surface area contributed by atoms with E-state index in [0.29, 0.717) is 40.6 Å². The third-order valence-corrected chi connectivity index (χ3v) is 4.90. The molecule has 0 saturated heterocycles. The first-order valence-corrected chi connectivity index (χ1v) is 8.79. The molecule has 3 rings (SSSR count). The van der Waals surface area contributed by atoms with Gasteiger partial charge in [-0.25, -0.2) is 9.18 Å². The number of carbonyl (C=O) groups excluding carboxylic acids is 2. The summed E-state index contributed by atoms with van der Waals surface area (Å²) in [5.74, 6) is -1.72. The Morgan fingerprint density at radius 1 is 1.44 bits per heavy atom. The highest BCUT2D eigenvalue weighted by Crippen LogP contribution is 2.44. The number of ketones is 1. The predicted octanol–water partition coefficient (Wildman–Crippen LogP) is 3.44. The quantitative estimate of drug-likeness (QED) is 0.773. The number of hydrogen-bond donors (Lipinski definition) is 1. The maximum atomic E-state index is 14.1. The maximum Gasteiger partial charge on any atom is 0.340 e. The average molecular weight is 410 g/mol. The van der Waals surface area contributed by atoms with Crippen molar-refractivity contribution < 1.29 is 23.5 Å². The van der Waals surface area contributed by atoms with Gasteiger partial charge in [0, 0.05) is 18.4 Å². The molecule has 1 heterocycles. The lowest BCUT2D eigenvalue weighted by Gasteiger charge is -2.32. The van der Waals surface area contributed by atoms with Gasteiger partial charge in [0.25, 0.3) is 0 Å². The van der Waals surface area contributed by atoms with Gasteiger partial charge in [0.05, 0.1) is 17.0 Å². The van der Waals surface area contributed by atoms with Gasteiger partial charge in [0.2, 0.25) is 5.88 Å². The van der Waals surface area contributed by atoms with E-state index in [1.165, 1.54) is 12.1 Å². The molecule has 1 aromatic carbocycles. The van der Waals surface area contributed by atoms with Crippen LogP contribution in [0, 0.1) is 5.82 Å². The molecule has 0 unspecified atom stereocenters. The molecular weight excluding hydrogens is 393 g/mol. The number of Topliss-reactive ketones (excluding diaryl/α,β-unsaturated/α-hetero) is 1. The fourth-order valence-electron chi connectivity index (χ4n) is 3.19. The fraction of sp³-hybridized carbons (Fsp3) is 0.333. The molecule has 0 bridgehead atoms. The van der Waals surface area contributed by atoms with Crippen LogP contribution in [0.4, 0.5) is 4.39 Å². The molecule has 0 saturated carbocycles. The minimum atomic E-state index is -0.793. The Bertz CT molecular complexity index is 815. The molecule has 1 aromatic rings. The number of hydrogen-bond acceptors (Lipinski definition) is 5. The van der Waals surface area contributed by atoms with Crippen molar-refractivity contribution in [3.05, 3.63) is 56.8 Å². The molecule has 0 aromatic heterocycles. The van der Waals surface area contributed by atoms with Crippen molar-refractivity contribution in [1.82, 2.24) is 0 Å². The number of benzene rings is 1. The average Bonchev–Trinajstić information content (AvgIpc) is 2.56. The van der Waals surface area contributed by atoms with Crippen LogP contribution in [0.1, 0.15) is 37.7 Å². The molecule has 2 aliphatic rings. The van der Waals surface area contributed by atoms with Crippen LogP contribution in [0.2, 0.25) is 0 Å². The van der Waals surface area contributed by atoms with Crippen molar-refractivity contribution in [2.45, 2.75) is 32.1 Å². The van der Waals surface area contributed by atoms with Gasteiger partial charge < -0.3 is 15.2 Å². The number of rotatable bonds is 3. The second kappa shape index (κ2) is 7.00. The number of allylic oxidation sites excluding steroid dienone is 2. The SMILES string of the molecule is CCOC(=O)C1=C(N)OC2=C(C(=O)CCC2)[C@H]1c1ccc(Br)c(F)c1. The Hall–Kier alpha value is -2.15. The Labute approximate surface area is 152 Å². The van der Waals surface area contributed by atoms with Crippen molar-refractivity contribution >= 4 is 27.7 Å². The van der Waals surface area contributed by atoms with Crippen molar-refractivity contribution in [2.24, 2.45) is 5.73 Å². The number of esters is 1. The zero-order valence-electron chi connectivity index (χ0n) is 13.6. The van der Waals surface area contributed by atoms with Gasteiger partial charge in [0.1, 0.15) is 17.1 Å². The number of nitrogens with two attached hydrogens (primary N) is 1.